The van der Waals surface area contributed by atoms with Crippen LogP contribution in [0, 0.1) is 5.82 Å². The molecule has 0 aliphatic rings. The molecule has 3 rings (SSSR count). The Bertz CT molecular complexity index is 838. The molecule has 0 fully saturated rings. The number of aromatic nitrogens is 3. The first-order valence-corrected chi connectivity index (χ1v) is 9.16. The van der Waals surface area contributed by atoms with Gasteiger partial charge in [-0.2, -0.15) is 0 Å². The van der Waals surface area contributed by atoms with Gasteiger partial charge in [0.05, 0.1) is 11.4 Å². The molecule has 9 heteroatoms. The number of benzene rings is 1. The van der Waals surface area contributed by atoms with Gasteiger partial charge in [0, 0.05) is 16.3 Å². The van der Waals surface area contributed by atoms with E-state index in [0.29, 0.717) is 11.6 Å². The van der Waals surface area contributed by atoms with Crippen LogP contribution in [-0.4, -0.2) is 26.8 Å². The van der Waals surface area contributed by atoms with Crippen LogP contribution in [0.25, 0.3) is 0 Å². The molecule has 2 aromatic heterocycles. The lowest BCUT2D eigenvalue weighted by Crippen LogP contribution is -2.15. The number of hydrogen-bond donors (Lipinski definition) is 2. The van der Waals surface area contributed by atoms with Crippen molar-refractivity contribution >= 4 is 46.3 Å². The summed E-state index contributed by atoms with van der Waals surface area (Å²) in [7, 11) is 0. The van der Waals surface area contributed by atoms with Crippen LogP contribution in [0.5, 0.6) is 0 Å². The molecule has 1 amide bonds. The number of thiophene rings is 1. The van der Waals surface area contributed by atoms with Crippen LogP contribution in [0.1, 0.15) is 10.7 Å². The first-order chi connectivity index (χ1) is 11.6. The number of aromatic amines is 1. The van der Waals surface area contributed by atoms with Crippen LogP contribution in [0.3, 0.4) is 0 Å². The maximum Gasteiger partial charge on any atom is 0.234 e. The fourth-order valence-electron chi connectivity index (χ4n) is 1.91. The molecule has 0 aliphatic heterocycles. The minimum absolute atomic E-state index is 0.0817. The van der Waals surface area contributed by atoms with Crippen molar-refractivity contribution in [2.24, 2.45) is 0 Å². The predicted octanol–water partition coefficient (Wildman–Crippen LogP) is 3.98. The highest BCUT2D eigenvalue weighted by molar-refractivity contribution is 7.99. The van der Waals surface area contributed by atoms with E-state index < -0.39 is 5.82 Å². The number of H-pyrrole nitrogens is 1. The van der Waals surface area contributed by atoms with E-state index in [4.69, 9.17) is 11.6 Å². The molecule has 0 radical (unpaired) electrons. The van der Waals surface area contributed by atoms with Gasteiger partial charge in [0.2, 0.25) is 11.1 Å². The first kappa shape index (κ1) is 16.9. The van der Waals surface area contributed by atoms with Crippen LogP contribution in [0.15, 0.2) is 40.9 Å². The molecule has 24 heavy (non-hydrogen) atoms. The summed E-state index contributed by atoms with van der Waals surface area (Å²) in [6.45, 7) is 0. The quantitative estimate of drug-likeness (QED) is 0.632. The number of rotatable bonds is 6. The van der Waals surface area contributed by atoms with Gasteiger partial charge in [0.1, 0.15) is 11.6 Å². The lowest BCUT2D eigenvalue weighted by Gasteiger charge is -2.05. The zero-order valence-electron chi connectivity index (χ0n) is 12.3. The molecule has 2 heterocycles. The van der Waals surface area contributed by atoms with Gasteiger partial charge in [-0.3, -0.25) is 9.89 Å². The minimum atomic E-state index is -0.572. The second kappa shape index (κ2) is 7.78. The molecule has 3 aromatic rings. The summed E-state index contributed by atoms with van der Waals surface area (Å²) in [6, 6.07) is 8.09. The third-order valence-corrected chi connectivity index (χ3v) is 4.93. The number of carbonyl (C=O) groups excluding carboxylic acids is 1. The average molecular weight is 383 g/mol. The van der Waals surface area contributed by atoms with Crippen LogP contribution in [0.4, 0.5) is 10.1 Å². The first-order valence-electron chi connectivity index (χ1n) is 6.91. The Morgan fingerprint density at radius 1 is 1.42 bits per heavy atom. The zero-order valence-corrected chi connectivity index (χ0v) is 14.6. The van der Waals surface area contributed by atoms with Crippen molar-refractivity contribution in [1.29, 1.82) is 0 Å². The maximum absolute atomic E-state index is 13.6. The SMILES string of the molecule is O=C(CSc1n[nH]c(Cc2cccs2)n1)Nc1ccc(Cl)cc1F. The van der Waals surface area contributed by atoms with Gasteiger partial charge in [-0.1, -0.05) is 29.4 Å². The molecule has 0 aliphatic carbocycles. The number of hydrogen-bond acceptors (Lipinski definition) is 5. The number of thioether (sulfide) groups is 1. The average Bonchev–Trinajstić information content (AvgIpc) is 3.20. The van der Waals surface area contributed by atoms with Crippen molar-refractivity contribution in [3.05, 3.63) is 57.3 Å². The molecule has 0 saturated heterocycles. The Hall–Kier alpha value is -1.90. The van der Waals surface area contributed by atoms with Gasteiger partial charge in [-0.25, -0.2) is 9.37 Å². The van der Waals surface area contributed by atoms with E-state index in [0.717, 1.165) is 11.9 Å². The van der Waals surface area contributed by atoms with Gasteiger partial charge in [0.25, 0.3) is 0 Å². The van der Waals surface area contributed by atoms with Crippen molar-refractivity contribution in [1.82, 2.24) is 15.2 Å². The monoisotopic (exact) mass is 382 g/mol. The number of anilines is 1. The van der Waals surface area contributed by atoms with Crippen molar-refractivity contribution in [3.8, 4) is 0 Å². The van der Waals surface area contributed by atoms with Crippen LogP contribution in [-0.2, 0) is 11.2 Å². The van der Waals surface area contributed by atoms with E-state index in [1.807, 2.05) is 17.5 Å². The van der Waals surface area contributed by atoms with Crippen molar-refractivity contribution in [3.63, 3.8) is 0 Å². The summed E-state index contributed by atoms with van der Waals surface area (Å²) < 4.78 is 13.6. The van der Waals surface area contributed by atoms with Crippen LogP contribution >= 0.6 is 34.7 Å². The van der Waals surface area contributed by atoms with Crippen molar-refractivity contribution < 1.29 is 9.18 Å². The number of nitrogens with zero attached hydrogens (tertiary/aromatic N) is 2. The normalized spacial score (nSPS) is 10.8. The van der Waals surface area contributed by atoms with E-state index in [1.165, 1.54) is 28.8 Å². The number of carbonyl (C=O) groups is 1. The minimum Gasteiger partial charge on any atom is -0.323 e. The molecule has 0 unspecified atom stereocenters. The fraction of sp³-hybridized carbons (Fsp3) is 0.133. The van der Waals surface area contributed by atoms with E-state index in [9.17, 15) is 9.18 Å². The molecule has 124 valence electrons. The summed E-state index contributed by atoms with van der Waals surface area (Å²) >= 11 is 8.50. The Balaban J connectivity index is 1.52. The van der Waals surface area contributed by atoms with Gasteiger partial charge < -0.3 is 5.32 Å². The van der Waals surface area contributed by atoms with Gasteiger partial charge in [-0.05, 0) is 29.6 Å². The van der Waals surface area contributed by atoms with Crippen molar-refractivity contribution in [2.75, 3.05) is 11.1 Å². The Morgan fingerprint density at radius 2 is 2.29 bits per heavy atom. The third-order valence-electron chi connectivity index (χ3n) is 2.97. The van der Waals surface area contributed by atoms with E-state index in [1.54, 1.807) is 11.3 Å². The molecular weight excluding hydrogens is 371 g/mol. The van der Waals surface area contributed by atoms with Crippen LogP contribution in [0.2, 0.25) is 5.02 Å². The summed E-state index contributed by atoms with van der Waals surface area (Å²) in [5.41, 5.74) is 0.0957. The predicted molar refractivity (Wildman–Crippen MR) is 94.3 cm³/mol. The molecule has 0 bridgehead atoms. The highest BCUT2D eigenvalue weighted by Crippen LogP contribution is 2.20. The van der Waals surface area contributed by atoms with E-state index in [-0.39, 0.29) is 22.4 Å². The molecule has 2 N–H and O–H groups in total. The highest BCUT2D eigenvalue weighted by atomic mass is 35.5. The second-order valence-electron chi connectivity index (χ2n) is 4.78. The topological polar surface area (TPSA) is 70.7 Å². The maximum atomic E-state index is 13.6. The summed E-state index contributed by atoms with van der Waals surface area (Å²) in [5, 5.41) is 12.2. The highest BCUT2D eigenvalue weighted by Gasteiger charge is 2.11. The molecule has 1 aromatic carbocycles. The fourth-order valence-corrected chi connectivity index (χ4v) is 3.39. The second-order valence-corrected chi connectivity index (χ2v) is 7.19. The Morgan fingerprint density at radius 3 is 3.04 bits per heavy atom. The summed E-state index contributed by atoms with van der Waals surface area (Å²) in [5.74, 6) is -0.0924. The molecular formula is C15H12ClFN4OS2. The number of nitrogens with one attached hydrogen (secondary N) is 2. The van der Waals surface area contributed by atoms with Gasteiger partial charge >= 0.3 is 0 Å². The molecule has 5 nitrogen and oxygen atoms in total. The van der Waals surface area contributed by atoms with E-state index >= 15 is 0 Å². The third kappa shape index (κ3) is 4.56. The largest absolute Gasteiger partial charge is 0.323 e. The Labute approximate surface area is 150 Å². The summed E-state index contributed by atoms with van der Waals surface area (Å²) in [4.78, 5) is 17.4. The summed E-state index contributed by atoms with van der Waals surface area (Å²) in [6.07, 6.45) is 0.674. The molecule has 0 atom stereocenters. The number of halogens is 2. The lowest BCUT2D eigenvalue weighted by atomic mass is 10.3. The van der Waals surface area contributed by atoms with Gasteiger partial charge in [0.15, 0.2) is 0 Å². The van der Waals surface area contributed by atoms with Crippen LogP contribution < -0.4 is 5.32 Å². The number of amides is 1. The Kier molecular flexibility index (Phi) is 5.49. The zero-order chi connectivity index (χ0) is 16.9. The standard InChI is InChI=1S/C15H12ClFN4OS2/c16-9-3-4-12(11(17)6-9)18-14(22)8-24-15-19-13(20-21-15)7-10-2-1-5-23-10/h1-6H,7-8H2,(H,18,22)(H,19,20,21). The van der Waals surface area contributed by atoms with Crippen molar-refractivity contribution in [2.45, 2.75) is 11.6 Å². The smallest absolute Gasteiger partial charge is 0.234 e. The molecule has 0 spiro atoms. The van der Waals surface area contributed by atoms with Gasteiger partial charge in [-0.15, -0.1) is 16.4 Å². The molecule has 0 saturated carbocycles. The lowest BCUT2D eigenvalue weighted by molar-refractivity contribution is -0.113. The van der Waals surface area contributed by atoms with E-state index in [2.05, 4.69) is 20.5 Å².